The molecule has 2 aliphatic rings. The summed E-state index contributed by atoms with van der Waals surface area (Å²) < 4.78 is 12.7. The third-order valence-electron chi connectivity index (χ3n) is 14.1. The van der Waals surface area contributed by atoms with Crippen molar-refractivity contribution in [3.8, 4) is 78.7 Å². The van der Waals surface area contributed by atoms with Crippen molar-refractivity contribution in [1.29, 1.82) is 0 Å². The Hall–Kier alpha value is -7.00. The molecular weight excluding hydrogens is 810 g/mol. The molecule has 9 aromatic rings. The average molecular weight is 860 g/mol. The van der Waals surface area contributed by atoms with Crippen LogP contribution in [0.2, 0.25) is 0 Å². The number of aromatic nitrogens is 3. The summed E-state index contributed by atoms with van der Waals surface area (Å²) in [5.41, 5.74) is 14.9. The molecule has 316 valence electrons. The zero-order valence-electron chi connectivity index (χ0n) is 36.8. The normalized spacial score (nSPS) is 17.9. The minimum Gasteiger partial charge on any atom is -0.319 e. The van der Waals surface area contributed by atoms with Gasteiger partial charge in [0.2, 0.25) is 0 Å². The Bertz CT molecular complexity index is 3150. The van der Waals surface area contributed by atoms with Crippen molar-refractivity contribution in [2.45, 2.75) is 31.1 Å². The van der Waals surface area contributed by atoms with Gasteiger partial charge in [-0.15, -0.1) is 0 Å². The minimum absolute atomic E-state index is 0.0412. The summed E-state index contributed by atoms with van der Waals surface area (Å²) in [5.74, 6) is 3.29. The topological polar surface area (TPSA) is 55.7 Å². The number of nitrogens with zero attached hydrogens (tertiary/aromatic N) is 3. The number of benzene rings is 8. The number of rotatable bonds is 10. The second-order valence-corrected chi connectivity index (χ2v) is 21.6. The number of hydrogen-bond acceptors (Lipinski definition) is 4. The SMILES string of the molecule is CP(C)(=O)c1ccc(-c2ccc(C3(c4ccc(-c5nc(-c6ccc(-c7ccccc7)cc6)nc(-c6ccc(-c7ccc(-c8ccccc8)cc7)cc6)n5)cc4)CC4CCC3C4)cc2)cc1. The van der Waals surface area contributed by atoms with E-state index in [-0.39, 0.29) is 5.41 Å². The van der Waals surface area contributed by atoms with Gasteiger partial charge in [-0.05, 0) is 100 Å². The molecule has 1 heterocycles. The van der Waals surface area contributed by atoms with Crippen LogP contribution in [0.25, 0.3) is 78.7 Å². The summed E-state index contributed by atoms with van der Waals surface area (Å²) in [6.07, 6.45) is 5.02. The molecule has 0 saturated heterocycles. The molecule has 2 saturated carbocycles. The quantitative estimate of drug-likeness (QED) is 0.129. The third-order valence-corrected chi connectivity index (χ3v) is 15.6. The van der Waals surface area contributed by atoms with Crippen LogP contribution in [0.1, 0.15) is 36.8 Å². The second-order valence-electron chi connectivity index (χ2n) is 18.4. The van der Waals surface area contributed by atoms with E-state index < -0.39 is 7.14 Å². The first-order chi connectivity index (χ1) is 31.8. The highest BCUT2D eigenvalue weighted by Crippen LogP contribution is 2.60. The van der Waals surface area contributed by atoms with Gasteiger partial charge in [-0.3, -0.25) is 0 Å². The van der Waals surface area contributed by atoms with Gasteiger partial charge in [0.25, 0.3) is 0 Å². The van der Waals surface area contributed by atoms with Gasteiger partial charge in [0.15, 0.2) is 17.5 Å². The molecule has 4 nitrogen and oxygen atoms in total. The Kier molecular flexibility index (Phi) is 10.6. The Labute approximate surface area is 382 Å². The van der Waals surface area contributed by atoms with Crippen LogP contribution in [0.15, 0.2) is 206 Å². The highest BCUT2D eigenvalue weighted by molar-refractivity contribution is 7.70. The molecular formula is C60H50N3OP. The standard InChI is InChI=1S/C60H50N3OP/c1-65(2,64)56-37-30-49(31-38-56)48-26-33-53(34-27-48)60(40-41-13-32-55(60)39-41)54-35-28-52(29-36-54)59-62-57(50-22-18-45(19-23-50)43-11-7-4-8-12-43)61-58(63-59)51-24-20-47(21-25-51)46-16-14-44(15-17-46)42-9-5-3-6-10-42/h3-12,14-31,33-38,41,55H,13,32,39-40H2,1-2H3. The van der Waals surface area contributed by atoms with E-state index in [0.717, 1.165) is 50.2 Å². The smallest absolute Gasteiger partial charge is 0.164 e. The molecule has 0 aliphatic heterocycles. The zero-order valence-corrected chi connectivity index (χ0v) is 37.7. The molecule has 3 atom stereocenters. The van der Waals surface area contributed by atoms with Crippen molar-refractivity contribution in [3.05, 3.63) is 217 Å². The van der Waals surface area contributed by atoms with Gasteiger partial charge in [0.1, 0.15) is 7.14 Å². The Balaban J connectivity index is 0.929. The maximum Gasteiger partial charge on any atom is 0.164 e. The van der Waals surface area contributed by atoms with E-state index in [2.05, 4.69) is 182 Å². The van der Waals surface area contributed by atoms with Crippen molar-refractivity contribution in [1.82, 2.24) is 15.0 Å². The molecule has 1 aromatic heterocycles. The van der Waals surface area contributed by atoms with Gasteiger partial charge < -0.3 is 4.57 Å². The summed E-state index contributed by atoms with van der Waals surface area (Å²) in [7, 11) is -2.30. The molecule has 0 radical (unpaired) electrons. The van der Waals surface area contributed by atoms with Crippen LogP contribution in [0, 0.1) is 11.8 Å². The second kappa shape index (κ2) is 16.8. The van der Waals surface area contributed by atoms with E-state index in [1.165, 1.54) is 59.1 Å². The van der Waals surface area contributed by atoms with Crippen LogP contribution in [-0.4, -0.2) is 28.3 Å². The molecule has 2 bridgehead atoms. The van der Waals surface area contributed by atoms with Gasteiger partial charge >= 0.3 is 0 Å². The van der Waals surface area contributed by atoms with Crippen LogP contribution < -0.4 is 5.30 Å². The number of fused-ring (bicyclic) bond motifs is 2. The Morgan fingerprint density at radius 2 is 0.692 bits per heavy atom. The molecule has 2 fully saturated rings. The van der Waals surface area contributed by atoms with E-state index in [0.29, 0.717) is 23.4 Å². The van der Waals surface area contributed by atoms with Gasteiger partial charge in [0.05, 0.1) is 0 Å². The fourth-order valence-electron chi connectivity index (χ4n) is 10.6. The van der Waals surface area contributed by atoms with Crippen molar-refractivity contribution in [3.63, 3.8) is 0 Å². The van der Waals surface area contributed by atoms with E-state index >= 15 is 0 Å². The predicted molar refractivity (Wildman–Crippen MR) is 270 cm³/mol. The molecule has 3 unspecified atom stereocenters. The Morgan fingerprint density at radius 1 is 0.385 bits per heavy atom. The third kappa shape index (κ3) is 7.98. The van der Waals surface area contributed by atoms with Crippen LogP contribution in [0.3, 0.4) is 0 Å². The first kappa shape index (κ1) is 40.8. The summed E-state index contributed by atoms with van der Waals surface area (Å²) >= 11 is 0. The van der Waals surface area contributed by atoms with Gasteiger partial charge in [-0.1, -0.05) is 213 Å². The number of hydrogen-bond donors (Lipinski definition) is 0. The van der Waals surface area contributed by atoms with Gasteiger partial charge in [-0.25, -0.2) is 15.0 Å². The Morgan fingerprint density at radius 3 is 1.02 bits per heavy atom. The molecule has 65 heavy (non-hydrogen) atoms. The van der Waals surface area contributed by atoms with Crippen molar-refractivity contribution in [2.24, 2.45) is 11.8 Å². The average Bonchev–Trinajstić information content (AvgIpc) is 4.00. The van der Waals surface area contributed by atoms with Crippen molar-refractivity contribution >= 4 is 12.4 Å². The summed E-state index contributed by atoms with van der Waals surface area (Å²) in [4.78, 5) is 15.4. The maximum atomic E-state index is 12.7. The minimum atomic E-state index is -2.30. The molecule has 0 N–H and O–H groups in total. The fourth-order valence-corrected chi connectivity index (χ4v) is 11.5. The van der Waals surface area contributed by atoms with Gasteiger partial charge in [0, 0.05) is 27.4 Å². The van der Waals surface area contributed by atoms with Crippen LogP contribution in [0.4, 0.5) is 0 Å². The van der Waals surface area contributed by atoms with Crippen LogP contribution in [-0.2, 0) is 9.98 Å². The van der Waals surface area contributed by atoms with Crippen molar-refractivity contribution in [2.75, 3.05) is 13.3 Å². The lowest BCUT2D eigenvalue weighted by Crippen LogP contribution is -2.34. The summed E-state index contributed by atoms with van der Waals surface area (Å²) in [6.45, 7) is 3.66. The van der Waals surface area contributed by atoms with E-state index in [4.69, 9.17) is 15.0 Å². The lowest BCUT2D eigenvalue weighted by Gasteiger charge is -2.39. The zero-order chi connectivity index (χ0) is 44.0. The first-order valence-electron chi connectivity index (χ1n) is 22.8. The molecule has 0 amide bonds. The summed E-state index contributed by atoms with van der Waals surface area (Å²) in [6, 6.07) is 73.4. The predicted octanol–water partition coefficient (Wildman–Crippen LogP) is 14.9. The molecule has 11 rings (SSSR count). The van der Waals surface area contributed by atoms with E-state index in [9.17, 15) is 4.57 Å². The van der Waals surface area contributed by atoms with E-state index in [1.54, 1.807) is 0 Å². The lowest BCUT2D eigenvalue weighted by atomic mass is 9.64. The molecule has 0 spiro atoms. The van der Waals surface area contributed by atoms with Crippen molar-refractivity contribution < 1.29 is 4.57 Å². The molecule has 2 aliphatic carbocycles. The highest BCUT2D eigenvalue weighted by atomic mass is 31.2. The monoisotopic (exact) mass is 859 g/mol. The molecule has 8 aromatic carbocycles. The van der Waals surface area contributed by atoms with Crippen LogP contribution in [0.5, 0.6) is 0 Å². The highest BCUT2D eigenvalue weighted by Gasteiger charge is 2.52. The first-order valence-corrected chi connectivity index (χ1v) is 25.4. The van der Waals surface area contributed by atoms with Gasteiger partial charge in [-0.2, -0.15) is 0 Å². The van der Waals surface area contributed by atoms with E-state index in [1.807, 2.05) is 37.6 Å². The fraction of sp³-hybridized carbons (Fsp3) is 0.150. The maximum absolute atomic E-state index is 12.7. The lowest BCUT2D eigenvalue weighted by molar-refractivity contribution is 0.320. The molecule has 5 heteroatoms. The summed E-state index contributed by atoms with van der Waals surface area (Å²) in [5, 5.41) is 0.917. The largest absolute Gasteiger partial charge is 0.319 e. The van der Waals surface area contributed by atoms with Crippen LogP contribution >= 0.6 is 7.14 Å².